The summed E-state index contributed by atoms with van der Waals surface area (Å²) in [7, 11) is -40.5. The molecule has 2 heterocycles. The van der Waals surface area contributed by atoms with Gasteiger partial charge >= 0.3 is 59.1 Å². The van der Waals surface area contributed by atoms with Crippen LogP contribution in [0.1, 0.15) is 0 Å². The zero-order chi connectivity index (χ0) is 71.9. The Labute approximate surface area is 605 Å². The predicted molar refractivity (Wildman–Crippen MR) is 330 cm³/mol. The SMILES string of the molecule is O=S(=O)(O)c1cccc(N=Nc2c(S(=O)(=O)O)cc3cc(S(=O)(=O)O)cc(N=c4[nH]c(Nc5ccc(Nc6nc(=NCC[P+]([O-])(O)O)[nH]c(=Nc7cc(S(=O)(=O)O)cc8cc(S(=O)(=O)O)c(N=Nc9cccc(S(=O)(=O)O)c9)c([O-])c78)[nH]6)cc5)nc(=NCC[P+]([O-])(O)O)[nH]4)c3c2[O-])c1.[Na+].[Na+]. The molecule has 0 radical (unpaired) electrons. The van der Waals surface area contributed by atoms with E-state index in [1.165, 1.54) is 24.3 Å². The monoisotopic (exact) mass is 1560 g/mol. The van der Waals surface area contributed by atoms with E-state index < -0.39 is 210 Å². The molecule has 0 amide bonds. The number of aromatic amines is 4. The van der Waals surface area contributed by atoms with Crippen molar-refractivity contribution in [1.82, 2.24) is 29.9 Å². The molecular weight excluding hydrogens is 1520 g/mol. The molecule has 0 saturated carbocycles. The number of fused-ring (bicyclic) bond motifs is 2. The zero-order valence-electron chi connectivity index (χ0n) is 50.0. The van der Waals surface area contributed by atoms with Crippen LogP contribution in [-0.4, -0.2) is 153 Å². The first-order valence-electron chi connectivity index (χ1n) is 26.1. The summed E-state index contributed by atoms with van der Waals surface area (Å²) in [6.07, 6.45) is -1.67. The summed E-state index contributed by atoms with van der Waals surface area (Å²) in [6, 6.07) is 16.9. The first-order valence-corrected chi connectivity index (χ1v) is 38.4. The van der Waals surface area contributed by atoms with Crippen LogP contribution in [0.3, 0.4) is 0 Å². The van der Waals surface area contributed by atoms with E-state index in [2.05, 4.69) is 81.0 Å². The van der Waals surface area contributed by atoms with Gasteiger partial charge in [0, 0.05) is 22.1 Å². The average Bonchev–Trinajstić information content (AvgIpc) is 0.753. The number of rotatable bonds is 22. The Bertz CT molecular complexity index is 5500. The number of nitrogens with one attached hydrogen (secondary N) is 6. The third-order valence-corrected chi connectivity index (χ3v) is 19.3. The van der Waals surface area contributed by atoms with Crippen LogP contribution in [0.5, 0.6) is 11.5 Å². The van der Waals surface area contributed by atoms with E-state index in [1.807, 2.05) is 0 Å². The molecule has 16 N–H and O–H groups in total. The Hall–Kier alpha value is -7.24. The van der Waals surface area contributed by atoms with Crippen molar-refractivity contribution in [2.45, 2.75) is 29.4 Å². The third kappa shape index (κ3) is 21.0. The van der Waals surface area contributed by atoms with E-state index >= 15 is 0 Å². The fourth-order valence-corrected chi connectivity index (χ4v) is 12.6. The molecule has 0 bridgehead atoms. The summed E-state index contributed by atoms with van der Waals surface area (Å²) in [6.45, 7) is -1.22. The Morgan fingerprint density at radius 1 is 0.430 bits per heavy atom. The van der Waals surface area contributed by atoms with Crippen molar-refractivity contribution in [3.8, 4) is 11.5 Å². The molecule has 9 aromatic rings. The maximum atomic E-state index is 14.4. The Morgan fingerprint density at radius 3 is 1.08 bits per heavy atom. The van der Waals surface area contributed by atoms with Crippen molar-refractivity contribution in [3.05, 3.63) is 132 Å². The molecule has 2 aromatic heterocycles. The second kappa shape index (κ2) is 30.8. The number of anilines is 4. The van der Waals surface area contributed by atoms with Crippen molar-refractivity contribution in [2.24, 2.45) is 40.4 Å². The quantitative estimate of drug-likeness (QED) is 0.0130. The van der Waals surface area contributed by atoms with E-state index in [-0.39, 0.29) is 93.8 Å². The first kappa shape index (κ1) is 80.1. The predicted octanol–water partition coefficient (Wildman–Crippen LogP) is -5.47. The number of nitrogens with zero attached hydrogens (tertiary/aromatic N) is 10. The van der Waals surface area contributed by atoms with Crippen LogP contribution in [-0.2, 0) is 60.7 Å². The minimum atomic E-state index is -5.47. The van der Waals surface area contributed by atoms with Crippen LogP contribution in [0.25, 0.3) is 21.5 Å². The smallest absolute Gasteiger partial charge is 0.870 e. The molecular formula is C48H42N16Na2O26P2S6. The summed E-state index contributed by atoms with van der Waals surface area (Å²) >= 11 is 0. The van der Waals surface area contributed by atoms with E-state index in [9.17, 15) is 117 Å². The van der Waals surface area contributed by atoms with Gasteiger partial charge in [-0.15, -0.1) is 10.2 Å². The van der Waals surface area contributed by atoms with E-state index in [0.717, 1.165) is 48.5 Å². The summed E-state index contributed by atoms with van der Waals surface area (Å²) in [5.74, 6) is -3.58. The van der Waals surface area contributed by atoms with Gasteiger partial charge in [0.2, 0.25) is 50.3 Å². The van der Waals surface area contributed by atoms with E-state index in [1.54, 1.807) is 0 Å². The third-order valence-electron chi connectivity index (χ3n) is 12.6. The Kier molecular flexibility index (Phi) is 24.6. The molecule has 9 rings (SSSR count). The van der Waals surface area contributed by atoms with Crippen molar-refractivity contribution in [3.63, 3.8) is 0 Å². The molecule has 0 spiro atoms. The number of hydrogen-bond acceptors (Lipinski definition) is 32. The molecule has 52 heteroatoms. The Balaban J connectivity index is 0.00000702. The molecule has 100 heavy (non-hydrogen) atoms. The van der Waals surface area contributed by atoms with Crippen molar-refractivity contribution < 1.29 is 177 Å². The summed E-state index contributed by atoms with van der Waals surface area (Å²) in [4.78, 5) is 91.2. The van der Waals surface area contributed by atoms with Crippen LogP contribution in [0.2, 0.25) is 0 Å². The number of azo groups is 2. The molecule has 0 saturated heterocycles. The van der Waals surface area contributed by atoms with Gasteiger partial charge in [-0.2, -0.15) is 70.7 Å². The fraction of sp³-hybridized carbons (Fsp3) is 0.0833. The topological polar surface area (TPSA) is 711 Å². The van der Waals surface area contributed by atoms with Crippen molar-refractivity contribution >= 4 is 156 Å². The molecule has 0 unspecified atom stereocenters. The van der Waals surface area contributed by atoms with Gasteiger partial charge in [-0.05, 0) is 108 Å². The molecule has 518 valence electrons. The maximum Gasteiger partial charge on any atom is 1.00 e. The summed E-state index contributed by atoms with van der Waals surface area (Å²) < 4.78 is 208. The average molecular weight is 1560 g/mol. The van der Waals surface area contributed by atoms with Crippen LogP contribution in [0.15, 0.2) is 179 Å². The standard InChI is InChI=1S/C48H44N16O26P2S6.2Na/c65-41-37-23(17-35(97(85,86)87)39(41)63-61-27-3-1-5-29(19-27)93(73,74)75)15-31(95(79,80)81)21-33(37)53-47-57-43(49-11-13-91(67,68)69)55-45(59-47)51-25-7-9-26(10-8-25)52-46-56-44(50-12-14-92(70,71)72)58-48(60-46)54-34-22-32(96(82,83)84)16-24-18-36(98(88,89)90)40(42(66)38(24)34)64-62-28-4-2-6-30(20-28)94(76,77)78;;/h1-10,15-22,65-66H,11-14H2,(H2,67,68,69)(H2,70,71,72)(H,73,74,75)(H,76,77,78)(H,79,80,81)(H,82,83,84)(H,85,86,87)(H,88,89,90)(H3,49,51,53,55,57,59)(H3,50,52,54,56,58,60);;/q;2*+1/p-2. The van der Waals surface area contributed by atoms with Gasteiger partial charge < -0.3 is 30.6 Å². The van der Waals surface area contributed by atoms with Gasteiger partial charge in [-0.25, -0.2) is 39.5 Å². The number of benzene rings is 7. The second-order valence-corrected chi connectivity index (χ2v) is 31.8. The molecule has 0 atom stereocenters. The van der Waals surface area contributed by atoms with Gasteiger partial charge in [0.1, 0.15) is 22.1 Å². The minimum Gasteiger partial charge on any atom is -0.870 e. The molecule has 0 aliphatic rings. The van der Waals surface area contributed by atoms with Crippen molar-refractivity contribution in [1.29, 1.82) is 0 Å². The minimum absolute atomic E-state index is 0. The molecule has 42 nitrogen and oxygen atoms in total. The normalized spacial score (nSPS) is 13.7. The number of H-pyrrole nitrogens is 4. The van der Waals surface area contributed by atoms with Gasteiger partial charge in [0.15, 0.2) is 0 Å². The van der Waals surface area contributed by atoms with Gasteiger partial charge in [0.05, 0.1) is 66.8 Å². The molecule has 0 aliphatic carbocycles. The fourth-order valence-electron chi connectivity index (χ4n) is 8.46. The first-order chi connectivity index (χ1) is 45.3. The second-order valence-electron chi connectivity index (χ2n) is 19.8. The molecule has 7 aromatic carbocycles. The van der Waals surface area contributed by atoms with E-state index in [4.69, 9.17) is 0 Å². The molecule has 0 fully saturated rings. The summed E-state index contributed by atoms with van der Waals surface area (Å²) in [5.41, 5.74) is -6.33. The van der Waals surface area contributed by atoms with Crippen LogP contribution in [0.4, 0.5) is 57.4 Å². The van der Waals surface area contributed by atoms with E-state index in [0.29, 0.717) is 36.4 Å². The van der Waals surface area contributed by atoms with Gasteiger partial charge in [-0.1, -0.05) is 23.6 Å². The largest absolute Gasteiger partial charge is 1.00 e. The van der Waals surface area contributed by atoms with Crippen molar-refractivity contribution in [2.75, 3.05) is 36.0 Å². The Morgan fingerprint density at radius 2 is 0.770 bits per heavy atom. The number of hydrogen-bond donors (Lipinski definition) is 16. The molecule has 0 aliphatic heterocycles. The van der Waals surface area contributed by atoms with Gasteiger partial charge in [-0.3, -0.25) is 47.3 Å². The van der Waals surface area contributed by atoms with Crippen LogP contribution >= 0.6 is 15.9 Å². The zero-order valence-corrected chi connectivity index (χ0v) is 60.7. The number of aromatic nitrogens is 6. The van der Waals surface area contributed by atoms with Crippen LogP contribution in [0, 0.1) is 0 Å². The maximum absolute atomic E-state index is 14.4. The summed E-state index contributed by atoms with van der Waals surface area (Å²) in [5, 5.41) is 46.4. The van der Waals surface area contributed by atoms with Gasteiger partial charge in [0.25, 0.3) is 60.7 Å². The van der Waals surface area contributed by atoms with Crippen LogP contribution < -0.4 is 112 Å².